The molecule has 0 aliphatic carbocycles. The summed E-state index contributed by atoms with van der Waals surface area (Å²) >= 11 is 10.8. The first-order valence-electron chi connectivity index (χ1n) is 8.77. The lowest BCUT2D eigenvalue weighted by Crippen LogP contribution is -2.29. The van der Waals surface area contributed by atoms with Crippen LogP contribution in [0, 0.1) is 0 Å². The molecule has 0 bridgehead atoms. The summed E-state index contributed by atoms with van der Waals surface area (Å²) in [5, 5.41) is 4.64. The van der Waals surface area contributed by atoms with E-state index in [1.54, 1.807) is 22.8 Å². The van der Waals surface area contributed by atoms with Crippen LogP contribution in [0.2, 0.25) is 5.02 Å². The summed E-state index contributed by atoms with van der Waals surface area (Å²) in [7, 11) is 0. The average molecular weight is 481 g/mol. The molecule has 0 fully saturated rings. The average Bonchev–Trinajstić information content (AvgIpc) is 2.67. The predicted molar refractivity (Wildman–Crippen MR) is 118 cm³/mol. The number of rotatable bonds is 6. The van der Waals surface area contributed by atoms with Crippen LogP contribution in [0.5, 0.6) is 0 Å². The Morgan fingerprint density at radius 1 is 1.32 bits per heavy atom. The standard InChI is InChI=1S/C20H19BrClN3O2S/c1-3-25-19(27)15-10-13(21)8-9-17(15)24-20(25)28-11-18(26)23-12(2)14-6-4-5-7-16(14)22/h4-10,12H,3,11H2,1-2H3,(H,23,26). The number of benzene rings is 2. The van der Waals surface area contributed by atoms with Crippen molar-refractivity contribution in [2.24, 2.45) is 0 Å². The van der Waals surface area contributed by atoms with Gasteiger partial charge in [0.15, 0.2) is 5.16 Å². The Morgan fingerprint density at radius 2 is 2.07 bits per heavy atom. The number of hydrogen-bond donors (Lipinski definition) is 1. The molecule has 3 rings (SSSR count). The third-order valence-electron chi connectivity index (χ3n) is 4.28. The smallest absolute Gasteiger partial charge is 0.262 e. The third-order valence-corrected chi connectivity index (χ3v) is 6.09. The van der Waals surface area contributed by atoms with E-state index in [4.69, 9.17) is 11.6 Å². The molecule has 1 aromatic heterocycles. The minimum atomic E-state index is -0.211. The van der Waals surface area contributed by atoms with E-state index in [0.717, 1.165) is 10.0 Å². The van der Waals surface area contributed by atoms with Gasteiger partial charge in [0, 0.05) is 16.0 Å². The highest BCUT2D eigenvalue weighted by molar-refractivity contribution is 9.10. The third kappa shape index (κ3) is 4.59. The van der Waals surface area contributed by atoms with Gasteiger partial charge in [0.2, 0.25) is 5.91 Å². The number of aromatic nitrogens is 2. The quantitative estimate of drug-likeness (QED) is 0.406. The van der Waals surface area contributed by atoms with E-state index >= 15 is 0 Å². The van der Waals surface area contributed by atoms with Crippen LogP contribution in [0.15, 0.2) is 56.9 Å². The van der Waals surface area contributed by atoms with Gasteiger partial charge in [0.1, 0.15) is 0 Å². The minimum Gasteiger partial charge on any atom is -0.349 e. The molecular weight excluding hydrogens is 462 g/mol. The molecule has 2 aromatic carbocycles. The molecule has 3 aromatic rings. The summed E-state index contributed by atoms with van der Waals surface area (Å²) in [6.45, 7) is 4.25. The van der Waals surface area contributed by atoms with Crippen LogP contribution >= 0.6 is 39.3 Å². The normalized spacial score (nSPS) is 12.1. The van der Waals surface area contributed by atoms with Gasteiger partial charge in [-0.15, -0.1) is 0 Å². The first-order chi connectivity index (χ1) is 13.4. The second-order valence-corrected chi connectivity index (χ2v) is 8.47. The molecule has 1 unspecified atom stereocenters. The Labute approximate surface area is 180 Å². The van der Waals surface area contributed by atoms with Crippen molar-refractivity contribution in [3.63, 3.8) is 0 Å². The number of halogens is 2. The van der Waals surface area contributed by atoms with Crippen LogP contribution in [-0.4, -0.2) is 21.2 Å². The van der Waals surface area contributed by atoms with Gasteiger partial charge in [0.05, 0.1) is 22.7 Å². The van der Waals surface area contributed by atoms with Crippen molar-refractivity contribution >= 4 is 56.1 Å². The van der Waals surface area contributed by atoms with E-state index < -0.39 is 0 Å². The van der Waals surface area contributed by atoms with Crippen molar-refractivity contribution in [2.45, 2.75) is 31.6 Å². The Kier molecular flexibility index (Phi) is 6.80. The molecule has 146 valence electrons. The van der Waals surface area contributed by atoms with Crippen molar-refractivity contribution < 1.29 is 4.79 Å². The highest BCUT2D eigenvalue weighted by Gasteiger charge is 2.15. The molecule has 28 heavy (non-hydrogen) atoms. The lowest BCUT2D eigenvalue weighted by atomic mass is 10.1. The topological polar surface area (TPSA) is 64.0 Å². The molecule has 1 amide bonds. The molecule has 1 heterocycles. The maximum absolute atomic E-state index is 12.8. The maximum Gasteiger partial charge on any atom is 0.262 e. The number of nitrogens with one attached hydrogen (secondary N) is 1. The van der Waals surface area contributed by atoms with Gasteiger partial charge in [-0.2, -0.15) is 0 Å². The Bertz CT molecular complexity index is 1090. The molecule has 0 aliphatic heterocycles. The summed E-state index contributed by atoms with van der Waals surface area (Å²) in [6.07, 6.45) is 0. The zero-order chi connectivity index (χ0) is 20.3. The SMILES string of the molecule is CCn1c(SCC(=O)NC(C)c2ccccc2Cl)nc2ccc(Br)cc2c1=O. The Balaban J connectivity index is 1.76. The van der Waals surface area contributed by atoms with E-state index in [-0.39, 0.29) is 23.3 Å². The van der Waals surface area contributed by atoms with Crippen LogP contribution < -0.4 is 10.9 Å². The largest absolute Gasteiger partial charge is 0.349 e. The molecule has 8 heteroatoms. The summed E-state index contributed by atoms with van der Waals surface area (Å²) in [5.41, 5.74) is 1.37. The molecular formula is C20H19BrClN3O2S. The fraction of sp³-hybridized carbons (Fsp3) is 0.250. The highest BCUT2D eigenvalue weighted by Crippen LogP contribution is 2.23. The second kappa shape index (κ2) is 9.11. The molecule has 0 spiro atoms. The Morgan fingerprint density at radius 3 is 2.79 bits per heavy atom. The highest BCUT2D eigenvalue weighted by atomic mass is 79.9. The van der Waals surface area contributed by atoms with E-state index in [1.807, 2.05) is 38.1 Å². The van der Waals surface area contributed by atoms with Crippen molar-refractivity contribution in [3.05, 3.63) is 67.9 Å². The van der Waals surface area contributed by atoms with Crippen molar-refractivity contribution in [2.75, 3.05) is 5.75 Å². The lowest BCUT2D eigenvalue weighted by Gasteiger charge is -2.16. The van der Waals surface area contributed by atoms with E-state index in [1.165, 1.54) is 11.8 Å². The van der Waals surface area contributed by atoms with Gasteiger partial charge in [-0.1, -0.05) is 57.5 Å². The van der Waals surface area contributed by atoms with Crippen LogP contribution in [0.25, 0.3) is 10.9 Å². The number of fused-ring (bicyclic) bond motifs is 1. The van der Waals surface area contributed by atoms with E-state index in [2.05, 4.69) is 26.2 Å². The zero-order valence-corrected chi connectivity index (χ0v) is 18.6. The van der Waals surface area contributed by atoms with Gasteiger partial charge >= 0.3 is 0 Å². The van der Waals surface area contributed by atoms with Gasteiger partial charge < -0.3 is 5.32 Å². The van der Waals surface area contributed by atoms with Gasteiger partial charge in [-0.05, 0) is 43.7 Å². The van der Waals surface area contributed by atoms with Crippen molar-refractivity contribution in [3.8, 4) is 0 Å². The molecule has 1 atom stereocenters. The number of carbonyl (C=O) groups excluding carboxylic acids is 1. The van der Waals surface area contributed by atoms with Crippen LogP contribution in [0.4, 0.5) is 0 Å². The minimum absolute atomic E-state index is 0.110. The molecule has 5 nitrogen and oxygen atoms in total. The lowest BCUT2D eigenvalue weighted by molar-refractivity contribution is -0.119. The van der Waals surface area contributed by atoms with Gasteiger partial charge in [-0.25, -0.2) is 4.98 Å². The van der Waals surface area contributed by atoms with Gasteiger partial charge in [0.25, 0.3) is 5.56 Å². The van der Waals surface area contributed by atoms with Crippen molar-refractivity contribution in [1.82, 2.24) is 14.9 Å². The number of nitrogens with zero attached hydrogens (tertiary/aromatic N) is 2. The first-order valence-corrected chi connectivity index (χ1v) is 10.9. The molecule has 0 saturated carbocycles. The zero-order valence-electron chi connectivity index (χ0n) is 15.4. The summed E-state index contributed by atoms with van der Waals surface area (Å²) in [5.74, 6) is 0.00808. The number of hydrogen-bond acceptors (Lipinski definition) is 4. The fourth-order valence-electron chi connectivity index (χ4n) is 2.88. The monoisotopic (exact) mass is 479 g/mol. The Hall–Kier alpha value is -1.83. The molecule has 0 saturated heterocycles. The molecule has 0 aliphatic rings. The number of carbonyl (C=O) groups is 1. The maximum atomic E-state index is 12.8. The number of amides is 1. The summed E-state index contributed by atoms with van der Waals surface area (Å²) < 4.78 is 2.42. The van der Waals surface area contributed by atoms with Crippen LogP contribution in [0.3, 0.4) is 0 Å². The molecule has 1 N–H and O–H groups in total. The van der Waals surface area contributed by atoms with Crippen LogP contribution in [0.1, 0.15) is 25.5 Å². The molecule has 0 radical (unpaired) electrons. The van der Waals surface area contributed by atoms with Crippen molar-refractivity contribution in [1.29, 1.82) is 0 Å². The fourth-order valence-corrected chi connectivity index (χ4v) is 4.41. The summed E-state index contributed by atoms with van der Waals surface area (Å²) in [6, 6.07) is 12.6. The predicted octanol–water partition coefficient (Wildman–Crippen LogP) is 4.80. The number of thioether (sulfide) groups is 1. The van der Waals surface area contributed by atoms with Crippen LogP contribution in [-0.2, 0) is 11.3 Å². The van der Waals surface area contributed by atoms with E-state index in [0.29, 0.717) is 27.6 Å². The second-order valence-electron chi connectivity index (χ2n) is 6.20. The van der Waals surface area contributed by atoms with Gasteiger partial charge in [-0.3, -0.25) is 14.2 Å². The van der Waals surface area contributed by atoms with E-state index in [9.17, 15) is 9.59 Å². The summed E-state index contributed by atoms with van der Waals surface area (Å²) in [4.78, 5) is 29.7. The first kappa shape index (κ1) is 20.9.